The second kappa shape index (κ2) is 7.96. The second-order valence-corrected chi connectivity index (χ2v) is 6.26. The van der Waals surface area contributed by atoms with Crippen LogP contribution in [0.2, 0.25) is 0 Å². The highest BCUT2D eigenvalue weighted by Gasteiger charge is 2.22. The van der Waals surface area contributed by atoms with Crippen LogP contribution in [0.1, 0.15) is 39.5 Å². The average Bonchev–Trinajstić information content (AvgIpc) is 3.08. The van der Waals surface area contributed by atoms with Gasteiger partial charge >= 0.3 is 0 Å². The molecule has 0 saturated carbocycles. The maximum atomic E-state index is 12.1. The van der Waals surface area contributed by atoms with Gasteiger partial charge in [-0.1, -0.05) is 0 Å². The van der Waals surface area contributed by atoms with Gasteiger partial charge in [-0.3, -0.25) is 9.69 Å². The van der Waals surface area contributed by atoms with Gasteiger partial charge in [0, 0.05) is 31.8 Å². The molecule has 0 aromatic heterocycles. The molecule has 116 valence electrons. The molecule has 5 heteroatoms. The molecule has 2 unspecified atom stereocenters. The van der Waals surface area contributed by atoms with Crippen molar-refractivity contribution in [3.63, 3.8) is 0 Å². The predicted molar refractivity (Wildman–Crippen MR) is 79.7 cm³/mol. The lowest BCUT2D eigenvalue weighted by atomic mass is 10.2. The molecule has 2 atom stereocenters. The molecule has 0 aromatic carbocycles. The Morgan fingerprint density at radius 3 is 2.85 bits per heavy atom. The van der Waals surface area contributed by atoms with Crippen molar-refractivity contribution in [2.24, 2.45) is 0 Å². The van der Waals surface area contributed by atoms with Crippen LogP contribution in [0.15, 0.2) is 0 Å². The van der Waals surface area contributed by atoms with Gasteiger partial charge in [0.05, 0.1) is 12.6 Å². The predicted octanol–water partition coefficient (Wildman–Crippen LogP) is 0.744. The SMILES string of the molecule is CC(C)N(CC(=O)NCC1CCCO1)CC1CCCN1. The number of carbonyl (C=O) groups excluding carboxylic acids is 1. The number of carbonyl (C=O) groups is 1. The molecule has 2 N–H and O–H groups in total. The van der Waals surface area contributed by atoms with E-state index in [-0.39, 0.29) is 12.0 Å². The van der Waals surface area contributed by atoms with Gasteiger partial charge in [-0.15, -0.1) is 0 Å². The van der Waals surface area contributed by atoms with E-state index in [1.54, 1.807) is 0 Å². The largest absolute Gasteiger partial charge is 0.376 e. The molecular formula is C15H29N3O2. The summed E-state index contributed by atoms with van der Waals surface area (Å²) in [5.41, 5.74) is 0. The molecule has 2 rings (SSSR count). The van der Waals surface area contributed by atoms with Gasteiger partial charge in [-0.05, 0) is 46.1 Å². The Kier molecular flexibility index (Phi) is 6.26. The fourth-order valence-corrected chi connectivity index (χ4v) is 2.93. The van der Waals surface area contributed by atoms with Gasteiger partial charge in [0.25, 0.3) is 0 Å². The number of rotatable bonds is 7. The highest BCUT2D eigenvalue weighted by molar-refractivity contribution is 5.78. The minimum atomic E-state index is 0.118. The summed E-state index contributed by atoms with van der Waals surface area (Å²) in [6.45, 7) is 8.37. The number of hydrogen-bond acceptors (Lipinski definition) is 4. The zero-order valence-electron chi connectivity index (χ0n) is 12.9. The summed E-state index contributed by atoms with van der Waals surface area (Å²) in [5, 5.41) is 6.51. The molecule has 1 amide bonds. The highest BCUT2D eigenvalue weighted by Crippen LogP contribution is 2.11. The van der Waals surface area contributed by atoms with E-state index < -0.39 is 0 Å². The van der Waals surface area contributed by atoms with Crippen molar-refractivity contribution in [3.05, 3.63) is 0 Å². The van der Waals surface area contributed by atoms with Crippen LogP contribution < -0.4 is 10.6 Å². The molecule has 5 nitrogen and oxygen atoms in total. The first-order chi connectivity index (χ1) is 9.65. The number of ether oxygens (including phenoxy) is 1. The Morgan fingerprint density at radius 2 is 2.25 bits per heavy atom. The molecule has 2 saturated heterocycles. The third-order valence-electron chi connectivity index (χ3n) is 4.25. The molecule has 2 heterocycles. The van der Waals surface area contributed by atoms with Gasteiger partial charge in [0.15, 0.2) is 0 Å². The number of amides is 1. The fraction of sp³-hybridized carbons (Fsp3) is 0.933. The molecule has 0 spiro atoms. The van der Waals surface area contributed by atoms with E-state index in [0.717, 1.165) is 32.5 Å². The van der Waals surface area contributed by atoms with Crippen LogP contribution in [0.5, 0.6) is 0 Å². The summed E-state index contributed by atoms with van der Waals surface area (Å²) in [6, 6.07) is 0.939. The van der Waals surface area contributed by atoms with Gasteiger partial charge in [-0.25, -0.2) is 0 Å². The number of nitrogens with one attached hydrogen (secondary N) is 2. The maximum Gasteiger partial charge on any atom is 0.234 e. The van der Waals surface area contributed by atoms with E-state index in [2.05, 4.69) is 29.4 Å². The number of hydrogen-bond donors (Lipinski definition) is 2. The van der Waals surface area contributed by atoms with Crippen molar-refractivity contribution < 1.29 is 9.53 Å². The van der Waals surface area contributed by atoms with E-state index in [1.807, 2.05) is 0 Å². The summed E-state index contributed by atoms with van der Waals surface area (Å²) in [5.74, 6) is 0.118. The maximum absolute atomic E-state index is 12.1. The van der Waals surface area contributed by atoms with Gasteiger partial charge in [0.1, 0.15) is 0 Å². The molecule has 0 aromatic rings. The molecule has 0 aliphatic carbocycles. The van der Waals surface area contributed by atoms with E-state index in [4.69, 9.17) is 4.74 Å². The Hall–Kier alpha value is -0.650. The Labute approximate surface area is 122 Å². The van der Waals surface area contributed by atoms with Crippen molar-refractivity contribution in [2.45, 2.75) is 57.7 Å². The molecule has 0 bridgehead atoms. The average molecular weight is 283 g/mol. The standard InChI is InChI=1S/C15H29N3O2/c1-12(2)18(10-13-5-3-7-16-13)11-15(19)17-9-14-6-4-8-20-14/h12-14,16H,3-11H2,1-2H3,(H,17,19). The number of nitrogens with zero attached hydrogens (tertiary/aromatic N) is 1. The summed E-state index contributed by atoms with van der Waals surface area (Å²) in [4.78, 5) is 14.3. The monoisotopic (exact) mass is 283 g/mol. The highest BCUT2D eigenvalue weighted by atomic mass is 16.5. The molecule has 20 heavy (non-hydrogen) atoms. The third-order valence-corrected chi connectivity index (χ3v) is 4.25. The quantitative estimate of drug-likeness (QED) is 0.724. The molecule has 2 aliphatic rings. The lowest BCUT2D eigenvalue weighted by Crippen LogP contribution is -2.47. The van der Waals surface area contributed by atoms with Gasteiger partial charge < -0.3 is 15.4 Å². The van der Waals surface area contributed by atoms with Gasteiger partial charge in [-0.2, -0.15) is 0 Å². The summed E-state index contributed by atoms with van der Waals surface area (Å²) >= 11 is 0. The van der Waals surface area contributed by atoms with Crippen LogP contribution >= 0.6 is 0 Å². The van der Waals surface area contributed by atoms with E-state index in [1.165, 1.54) is 12.8 Å². The Morgan fingerprint density at radius 1 is 1.40 bits per heavy atom. The van der Waals surface area contributed by atoms with Crippen molar-refractivity contribution in [2.75, 3.05) is 32.8 Å². The first-order valence-electron chi connectivity index (χ1n) is 8.01. The van der Waals surface area contributed by atoms with E-state index in [0.29, 0.717) is 25.2 Å². The molecular weight excluding hydrogens is 254 g/mol. The van der Waals surface area contributed by atoms with Gasteiger partial charge in [0.2, 0.25) is 5.91 Å². The van der Waals surface area contributed by atoms with Crippen molar-refractivity contribution in [3.8, 4) is 0 Å². The smallest absolute Gasteiger partial charge is 0.234 e. The van der Waals surface area contributed by atoms with Crippen molar-refractivity contribution in [1.82, 2.24) is 15.5 Å². The second-order valence-electron chi connectivity index (χ2n) is 6.26. The van der Waals surface area contributed by atoms with Crippen LogP contribution in [-0.2, 0) is 9.53 Å². The first-order valence-corrected chi connectivity index (χ1v) is 8.01. The normalized spacial score (nSPS) is 26.6. The van der Waals surface area contributed by atoms with E-state index in [9.17, 15) is 4.79 Å². The van der Waals surface area contributed by atoms with Crippen molar-refractivity contribution >= 4 is 5.91 Å². The van der Waals surface area contributed by atoms with Crippen LogP contribution in [0.3, 0.4) is 0 Å². The first kappa shape index (κ1) is 15.7. The zero-order valence-corrected chi connectivity index (χ0v) is 12.9. The van der Waals surface area contributed by atoms with Crippen LogP contribution in [0, 0.1) is 0 Å². The topological polar surface area (TPSA) is 53.6 Å². The molecule has 0 radical (unpaired) electrons. The third kappa shape index (κ3) is 5.04. The van der Waals surface area contributed by atoms with E-state index >= 15 is 0 Å². The lowest BCUT2D eigenvalue weighted by Gasteiger charge is -2.28. The summed E-state index contributed by atoms with van der Waals surface area (Å²) in [7, 11) is 0. The summed E-state index contributed by atoms with van der Waals surface area (Å²) < 4.78 is 5.53. The minimum absolute atomic E-state index is 0.118. The van der Waals surface area contributed by atoms with Crippen LogP contribution in [0.4, 0.5) is 0 Å². The molecule has 2 fully saturated rings. The van der Waals surface area contributed by atoms with Crippen molar-refractivity contribution in [1.29, 1.82) is 0 Å². The summed E-state index contributed by atoms with van der Waals surface area (Å²) in [6.07, 6.45) is 4.89. The molecule has 2 aliphatic heterocycles. The van der Waals surface area contributed by atoms with Crippen LogP contribution in [-0.4, -0.2) is 61.8 Å². The zero-order chi connectivity index (χ0) is 14.4. The minimum Gasteiger partial charge on any atom is -0.376 e. The van der Waals surface area contributed by atoms with Crippen LogP contribution in [0.25, 0.3) is 0 Å². The Balaban J connectivity index is 1.70. The Bertz CT molecular complexity index is 297. The fourth-order valence-electron chi connectivity index (χ4n) is 2.93. The lowest BCUT2D eigenvalue weighted by molar-refractivity contribution is -0.123.